The zero-order valence-corrected chi connectivity index (χ0v) is 1.71. The molecule has 0 rings (SSSR count). The molecule has 0 bridgehead atoms. The predicted octanol–water partition coefficient (Wildman–Crippen LogP) is -2.29. The van der Waals surface area contributed by atoms with Gasteiger partial charge in [0.2, 0.25) is 0 Å². The fraction of sp³-hybridized carbons (Fsp3) is 0. The van der Waals surface area contributed by atoms with Crippen LogP contribution in [0, 0.1) is 10.1 Å². The molecule has 7 heavy (non-hydrogen) atoms. The van der Waals surface area contributed by atoms with Crippen molar-refractivity contribution in [2.24, 2.45) is 0 Å². The van der Waals surface area contributed by atoms with Crippen molar-refractivity contribution in [1.82, 2.24) is 0 Å². The number of rotatable bonds is 0. The molecule has 1 N–H and O–H groups in total. The van der Waals surface area contributed by atoms with Crippen LogP contribution >= 0.6 is 0 Å². The van der Waals surface area contributed by atoms with Crippen molar-refractivity contribution in [3.8, 4) is 0 Å². The zero-order chi connectivity index (χ0) is 3.58. The molecule has 4 nitrogen and oxygen atoms in total. The van der Waals surface area contributed by atoms with E-state index in [1.165, 1.54) is 0 Å². The van der Waals surface area contributed by atoms with Gasteiger partial charge in [0.25, 0.3) is 5.09 Å². The Morgan fingerprint density at radius 1 is 1.29 bits per heavy atom. The van der Waals surface area contributed by atoms with E-state index in [-0.39, 0.29) is 154 Å². The van der Waals surface area contributed by atoms with Crippen LogP contribution < -0.4 is 0 Å². The Hall–Kier alpha value is 4.11. The summed E-state index contributed by atoms with van der Waals surface area (Å²) in [4.78, 5) is 8.36. The van der Waals surface area contributed by atoms with Crippen LogP contribution in [-0.4, -0.2) is 164 Å². The molecule has 0 aliphatic heterocycles. The Morgan fingerprint density at radius 2 is 1.29 bits per heavy atom. The van der Waals surface area contributed by atoms with E-state index >= 15 is 0 Å². The summed E-state index contributed by atoms with van der Waals surface area (Å²) in [6.07, 6.45) is 0. The zero-order valence-electron chi connectivity index (χ0n) is 1.71. The minimum atomic E-state index is -1.50. The molecule has 0 aromatic rings. The Kier molecular flexibility index (Phi) is 53.3. The second-order valence-corrected chi connectivity index (χ2v) is 0.238. The average molecular weight is 183 g/mol. The van der Waals surface area contributed by atoms with Crippen LogP contribution in [0.2, 0.25) is 0 Å². The molecule has 0 unspecified atom stereocenters. The molecule has 0 atom stereocenters. The first-order valence-corrected chi connectivity index (χ1v) is 0.565. The normalized spacial score (nSPS) is 3.43. The van der Waals surface area contributed by atoms with Gasteiger partial charge in [-0.25, -0.2) is 0 Å². The first-order chi connectivity index (χ1) is 1.73. The third-order valence-corrected chi connectivity index (χ3v) is 0. The quantitative estimate of drug-likeness (QED) is 0.261. The summed E-state index contributed by atoms with van der Waals surface area (Å²) in [6.45, 7) is 0. The molecule has 0 amide bonds. The van der Waals surface area contributed by atoms with Gasteiger partial charge < -0.3 is 5.21 Å². The van der Waals surface area contributed by atoms with E-state index in [2.05, 4.69) is 0 Å². The van der Waals surface area contributed by atoms with Gasteiger partial charge in [-0.3, -0.25) is 0 Å². The minimum absolute atomic E-state index is 0. The van der Waals surface area contributed by atoms with Crippen molar-refractivity contribution in [2.45, 2.75) is 0 Å². The van der Waals surface area contributed by atoms with Crippen molar-refractivity contribution in [2.75, 3.05) is 0 Å². The van der Waals surface area contributed by atoms with Crippen LogP contribution in [0.4, 0.5) is 0 Å². The summed E-state index contributed by atoms with van der Waals surface area (Å²) >= 11 is 0. The topological polar surface area (TPSA) is 63.4 Å². The second-order valence-electron chi connectivity index (χ2n) is 0.238. The van der Waals surface area contributed by atoms with Crippen LogP contribution in [-0.2, 0) is 0 Å². The van der Waals surface area contributed by atoms with Gasteiger partial charge in [0.1, 0.15) is 0 Å². The number of hydrogen-bond donors (Lipinski definition) is 1. The van der Waals surface area contributed by atoms with Gasteiger partial charge in [-0.2, -0.15) is 0 Å². The van der Waals surface area contributed by atoms with Crippen molar-refractivity contribution in [1.29, 1.82) is 0 Å². The van der Waals surface area contributed by atoms with Gasteiger partial charge in [0.05, 0.1) is 0 Å². The standard InChI is InChI=1S/3K.HNO3.3H/c;;;2-1(3)4;;;/h;;;(H,2,3,4);;;. The van der Waals surface area contributed by atoms with E-state index in [4.69, 9.17) is 15.3 Å². The molecule has 0 saturated carbocycles. The number of nitrogens with zero attached hydrogens (tertiary/aromatic N) is 1. The van der Waals surface area contributed by atoms with E-state index in [0.29, 0.717) is 0 Å². The first-order valence-electron chi connectivity index (χ1n) is 0.565. The number of hydrogen-bond acceptors (Lipinski definition) is 2. The Morgan fingerprint density at radius 3 is 1.29 bits per heavy atom. The first kappa shape index (κ1) is 22.5. The fourth-order valence-corrected chi connectivity index (χ4v) is 0. The van der Waals surface area contributed by atoms with Crippen LogP contribution in [0.3, 0.4) is 0 Å². The van der Waals surface area contributed by atoms with Crippen LogP contribution in [0.25, 0.3) is 0 Å². The summed E-state index contributed by atoms with van der Waals surface area (Å²) in [6, 6.07) is 0. The van der Waals surface area contributed by atoms with Crippen LogP contribution in [0.15, 0.2) is 0 Å². The molecule has 0 heterocycles. The molecule has 30 valence electrons. The molecule has 0 aromatic carbocycles. The Balaban J connectivity index is -0.0000000150. The maximum absolute atomic E-state index is 8.36. The monoisotopic (exact) mass is 183 g/mol. The van der Waals surface area contributed by atoms with Gasteiger partial charge >= 0.3 is 154 Å². The SMILES string of the molecule is O=[N+]([O-])O.[KH].[KH].[KH]. The van der Waals surface area contributed by atoms with E-state index in [0.717, 1.165) is 0 Å². The molecular weight excluding hydrogens is 179 g/mol. The molecule has 0 spiro atoms. The molecule has 0 aromatic heterocycles. The Labute approximate surface area is 169 Å². The summed E-state index contributed by atoms with van der Waals surface area (Å²) in [7, 11) is 0. The van der Waals surface area contributed by atoms with Crippen molar-refractivity contribution in [3.63, 3.8) is 0 Å². The van der Waals surface area contributed by atoms with Gasteiger partial charge in [-0.05, 0) is 0 Å². The van der Waals surface area contributed by atoms with Crippen LogP contribution in [0.1, 0.15) is 0 Å². The molecule has 0 aliphatic rings. The average Bonchev–Trinajstić information content (AvgIpc) is 0.811. The molecular formula is H4K3NO3. The molecule has 7 heteroatoms. The summed E-state index contributed by atoms with van der Waals surface area (Å²) in [5.74, 6) is 0. The van der Waals surface area contributed by atoms with E-state index < -0.39 is 5.09 Å². The third-order valence-electron chi connectivity index (χ3n) is 0. The fourth-order valence-electron chi connectivity index (χ4n) is 0. The van der Waals surface area contributed by atoms with Crippen molar-refractivity contribution in [3.05, 3.63) is 10.1 Å². The van der Waals surface area contributed by atoms with Crippen molar-refractivity contribution >= 4 is 154 Å². The van der Waals surface area contributed by atoms with Gasteiger partial charge in [-0.15, -0.1) is 10.1 Å². The molecule has 0 aliphatic carbocycles. The second kappa shape index (κ2) is 16.6. The molecule has 0 radical (unpaired) electrons. The summed E-state index contributed by atoms with van der Waals surface area (Å²) in [5, 5.41) is 13.6. The van der Waals surface area contributed by atoms with Gasteiger partial charge in [0, 0.05) is 0 Å². The van der Waals surface area contributed by atoms with E-state index in [1.54, 1.807) is 0 Å². The summed E-state index contributed by atoms with van der Waals surface area (Å²) in [5.41, 5.74) is 0. The third kappa shape index (κ3) is 39.4. The molecule has 0 fully saturated rings. The maximum atomic E-state index is 8.36. The van der Waals surface area contributed by atoms with E-state index in [9.17, 15) is 0 Å². The predicted molar refractivity (Wildman–Crippen MR) is 30.2 cm³/mol. The summed E-state index contributed by atoms with van der Waals surface area (Å²) < 4.78 is 0. The Bertz CT molecular complexity index is 33.2. The van der Waals surface area contributed by atoms with Gasteiger partial charge in [0.15, 0.2) is 0 Å². The van der Waals surface area contributed by atoms with E-state index in [1.807, 2.05) is 0 Å². The van der Waals surface area contributed by atoms with Crippen molar-refractivity contribution < 1.29 is 10.3 Å². The molecule has 0 saturated heterocycles. The van der Waals surface area contributed by atoms with Crippen LogP contribution in [0.5, 0.6) is 0 Å². The van der Waals surface area contributed by atoms with Gasteiger partial charge in [-0.1, -0.05) is 0 Å².